The minimum absolute atomic E-state index is 0.126. The molecule has 40 heavy (non-hydrogen) atoms. The topological polar surface area (TPSA) is 151 Å². The Morgan fingerprint density at radius 1 is 1.15 bits per heavy atom. The van der Waals surface area contributed by atoms with E-state index in [4.69, 9.17) is 9.47 Å². The molecule has 224 valence electrons. The van der Waals surface area contributed by atoms with Crippen LogP contribution in [0.15, 0.2) is 11.6 Å². The molecule has 4 N–H and O–H groups in total. The molecule has 0 radical (unpaired) electrons. The van der Waals surface area contributed by atoms with Crippen LogP contribution in [0.25, 0.3) is 0 Å². The molecule has 0 spiro atoms. The molecule has 0 aromatic carbocycles. The van der Waals surface area contributed by atoms with Crippen molar-refractivity contribution in [1.82, 2.24) is 0 Å². The summed E-state index contributed by atoms with van der Waals surface area (Å²) in [6.07, 6.45) is 1.21. The lowest BCUT2D eigenvalue weighted by Gasteiger charge is -2.60. The quantitative estimate of drug-likeness (QED) is 0.371. The number of ether oxygens (including phenoxy) is 2. The van der Waals surface area contributed by atoms with Crippen molar-refractivity contribution in [3.63, 3.8) is 0 Å². The van der Waals surface area contributed by atoms with Gasteiger partial charge in [0, 0.05) is 24.2 Å². The molecule has 0 unspecified atom stereocenters. The number of rotatable bonds is 5. The Labute approximate surface area is 236 Å². The first kappa shape index (κ1) is 29.7. The third-order valence-corrected chi connectivity index (χ3v) is 12.2. The standard InChI is InChI=1S/C31H46O9/c1-15-18(16(2)39-27(15)36)11-26(40-17(3)32)30(6,37)25-8-10-31(38)20-12-22(33)21-13-23(34)24(35)14-28(21,4)19(20)7-9-29(25,31)5/h12,15-16,18-19,21,23-26,34-35,37-38H,7-11,13-14H2,1-6H3/t15-,16+,18-,19-,21-,23-,24-,25-,26+,28+,29+,30+,31+/m0/s1. The molecular weight excluding hydrogens is 516 g/mol. The maximum Gasteiger partial charge on any atom is 0.309 e. The van der Waals surface area contributed by atoms with E-state index in [0.29, 0.717) is 31.3 Å². The van der Waals surface area contributed by atoms with Gasteiger partial charge < -0.3 is 29.9 Å². The smallest absolute Gasteiger partial charge is 0.309 e. The minimum atomic E-state index is -1.53. The first-order valence-electron chi connectivity index (χ1n) is 14.9. The summed E-state index contributed by atoms with van der Waals surface area (Å²) >= 11 is 0. The molecule has 1 aliphatic heterocycles. The van der Waals surface area contributed by atoms with Crippen LogP contribution in [0.2, 0.25) is 0 Å². The average Bonchev–Trinajstić information content (AvgIpc) is 3.27. The third kappa shape index (κ3) is 4.13. The van der Waals surface area contributed by atoms with Crippen LogP contribution in [-0.4, -0.2) is 73.8 Å². The Hall–Kier alpha value is -1.81. The van der Waals surface area contributed by atoms with Crippen molar-refractivity contribution in [2.75, 3.05) is 0 Å². The molecule has 3 saturated carbocycles. The predicted molar refractivity (Wildman–Crippen MR) is 143 cm³/mol. The van der Waals surface area contributed by atoms with Crippen LogP contribution in [-0.2, 0) is 23.9 Å². The summed E-state index contributed by atoms with van der Waals surface area (Å²) in [7, 11) is 0. The number of hydrogen-bond acceptors (Lipinski definition) is 9. The second-order valence-corrected chi connectivity index (χ2v) is 14.2. The summed E-state index contributed by atoms with van der Waals surface area (Å²) in [6, 6.07) is 0. The van der Waals surface area contributed by atoms with Crippen molar-refractivity contribution in [1.29, 1.82) is 0 Å². The fraction of sp³-hybridized carbons (Fsp3) is 0.839. The second kappa shape index (κ2) is 9.61. The molecule has 5 rings (SSSR count). The first-order valence-corrected chi connectivity index (χ1v) is 14.9. The monoisotopic (exact) mass is 562 g/mol. The number of esters is 2. The summed E-state index contributed by atoms with van der Waals surface area (Å²) in [4.78, 5) is 37.9. The van der Waals surface area contributed by atoms with Gasteiger partial charge in [0.25, 0.3) is 0 Å². The molecule has 13 atom stereocenters. The molecule has 9 nitrogen and oxygen atoms in total. The van der Waals surface area contributed by atoms with Gasteiger partial charge in [-0.3, -0.25) is 14.4 Å². The lowest BCUT2D eigenvalue weighted by Crippen LogP contribution is -2.63. The van der Waals surface area contributed by atoms with Gasteiger partial charge in [0.15, 0.2) is 5.78 Å². The summed E-state index contributed by atoms with van der Waals surface area (Å²) in [6.45, 7) is 10.5. The van der Waals surface area contributed by atoms with Crippen molar-refractivity contribution in [2.24, 2.45) is 40.4 Å². The zero-order valence-corrected chi connectivity index (χ0v) is 24.6. The Bertz CT molecular complexity index is 1110. The van der Waals surface area contributed by atoms with Crippen LogP contribution < -0.4 is 0 Å². The summed E-state index contributed by atoms with van der Waals surface area (Å²) in [5.74, 6) is -2.61. The zero-order chi connectivity index (χ0) is 29.6. The van der Waals surface area contributed by atoms with E-state index in [2.05, 4.69) is 0 Å². The summed E-state index contributed by atoms with van der Waals surface area (Å²) in [5.41, 5.74) is -3.61. The molecule has 5 aliphatic rings. The predicted octanol–water partition coefficient (Wildman–Crippen LogP) is 2.46. The molecule has 0 bridgehead atoms. The van der Waals surface area contributed by atoms with Gasteiger partial charge in [-0.05, 0) is 87.7 Å². The number of aliphatic hydroxyl groups excluding tert-OH is 2. The van der Waals surface area contributed by atoms with Crippen molar-refractivity contribution >= 4 is 17.7 Å². The molecule has 0 amide bonds. The number of hydrogen-bond donors (Lipinski definition) is 4. The highest BCUT2D eigenvalue weighted by molar-refractivity contribution is 5.95. The fourth-order valence-electron chi connectivity index (χ4n) is 9.74. The maximum absolute atomic E-state index is 13.4. The van der Waals surface area contributed by atoms with Crippen LogP contribution >= 0.6 is 0 Å². The van der Waals surface area contributed by atoms with Crippen molar-refractivity contribution in [2.45, 2.75) is 122 Å². The van der Waals surface area contributed by atoms with E-state index < -0.39 is 64.1 Å². The highest BCUT2D eigenvalue weighted by atomic mass is 16.6. The van der Waals surface area contributed by atoms with Gasteiger partial charge in [0.1, 0.15) is 17.8 Å². The number of aliphatic hydroxyl groups is 4. The molecule has 0 aromatic rings. The average molecular weight is 563 g/mol. The van der Waals surface area contributed by atoms with E-state index in [1.54, 1.807) is 19.9 Å². The van der Waals surface area contributed by atoms with E-state index >= 15 is 0 Å². The van der Waals surface area contributed by atoms with Gasteiger partial charge in [-0.1, -0.05) is 20.8 Å². The molecule has 1 heterocycles. The van der Waals surface area contributed by atoms with Gasteiger partial charge in [0.2, 0.25) is 0 Å². The van der Waals surface area contributed by atoms with Gasteiger partial charge >= 0.3 is 11.9 Å². The van der Waals surface area contributed by atoms with Crippen molar-refractivity contribution in [3.05, 3.63) is 11.6 Å². The molecule has 4 fully saturated rings. The number of ketones is 1. The van der Waals surface area contributed by atoms with E-state index in [1.807, 2.05) is 20.8 Å². The number of cyclic esters (lactones) is 1. The molecule has 9 heteroatoms. The number of carbonyl (C=O) groups excluding carboxylic acids is 3. The third-order valence-electron chi connectivity index (χ3n) is 12.2. The highest BCUT2D eigenvalue weighted by Crippen LogP contribution is 2.68. The molecule has 4 aliphatic carbocycles. The van der Waals surface area contributed by atoms with Crippen LogP contribution in [0.5, 0.6) is 0 Å². The van der Waals surface area contributed by atoms with Gasteiger partial charge in [-0.25, -0.2) is 0 Å². The van der Waals surface area contributed by atoms with Gasteiger partial charge in [-0.15, -0.1) is 0 Å². The Kier molecular flexibility index (Phi) is 7.13. The van der Waals surface area contributed by atoms with E-state index in [9.17, 15) is 34.8 Å². The zero-order valence-electron chi connectivity index (χ0n) is 24.6. The van der Waals surface area contributed by atoms with Gasteiger partial charge in [0.05, 0.1) is 23.7 Å². The van der Waals surface area contributed by atoms with E-state index in [1.165, 1.54) is 6.92 Å². The number of fused-ring (bicyclic) bond motifs is 5. The molecule has 1 saturated heterocycles. The Morgan fingerprint density at radius 2 is 1.82 bits per heavy atom. The number of carbonyl (C=O) groups is 3. The van der Waals surface area contributed by atoms with Crippen LogP contribution in [0.3, 0.4) is 0 Å². The Balaban J connectivity index is 1.48. The largest absolute Gasteiger partial charge is 0.462 e. The van der Waals surface area contributed by atoms with Crippen LogP contribution in [0.1, 0.15) is 86.5 Å². The lowest BCUT2D eigenvalue weighted by atomic mass is 9.45. The summed E-state index contributed by atoms with van der Waals surface area (Å²) in [5, 5.41) is 45.6. The highest BCUT2D eigenvalue weighted by Gasteiger charge is 2.69. The summed E-state index contributed by atoms with van der Waals surface area (Å²) < 4.78 is 11.2. The normalized spacial score (nSPS) is 48.7. The van der Waals surface area contributed by atoms with Crippen molar-refractivity contribution < 1.29 is 44.3 Å². The maximum atomic E-state index is 13.4. The number of allylic oxidation sites excluding steroid dienone is 1. The SMILES string of the molecule is CC(=O)O[C@H](C[C@H]1[C@H](C)C(=O)O[C@@H]1C)[C@](C)(O)[C@H]1CC[C@@]2(O)C3=CC(=O)[C@@H]4C[C@H](O)[C@@H](O)C[C@]4(C)[C@H]3CC[C@]12C. The lowest BCUT2D eigenvalue weighted by molar-refractivity contribution is -0.194. The van der Waals surface area contributed by atoms with E-state index in [-0.39, 0.29) is 49.0 Å². The minimum Gasteiger partial charge on any atom is -0.462 e. The van der Waals surface area contributed by atoms with Crippen LogP contribution in [0, 0.1) is 40.4 Å². The Morgan fingerprint density at radius 3 is 2.42 bits per heavy atom. The van der Waals surface area contributed by atoms with Crippen LogP contribution in [0.4, 0.5) is 0 Å². The van der Waals surface area contributed by atoms with Crippen molar-refractivity contribution in [3.8, 4) is 0 Å². The molecular formula is C31H46O9. The molecule has 0 aromatic heterocycles. The second-order valence-electron chi connectivity index (χ2n) is 14.2. The fourth-order valence-corrected chi connectivity index (χ4v) is 9.74. The van der Waals surface area contributed by atoms with Gasteiger partial charge in [-0.2, -0.15) is 0 Å². The van der Waals surface area contributed by atoms with E-state index in [0.717, 1.165) is 0 Å². The first-order chi connectivity index (χ1) is 18.5.